The van der Waals surface area contributed by atoms with Gasteiger partial charge in [-0.3, -0.25) is 4.79 Å². The van der Waals surface area contributed by atoms with E-state index in [9.17, 15) is 14.0 Å². The number of tetrazole rings is 1. The van der Waals surface area contributed by atoms with Gasteiger partial charge in [0.05, 0.1) is 18.9 Å². The van der Waals surface area contributed by atoms with E-state index in [1.807, 2.05) is 0 Å². The number of esters is 1. The Hall–Kier alpha value is -3.82. The van der Waals surface area contributed by atoms with Crippen LogP contribution in [0.3, 0.4) is 0 Å². The van der Waals surface area contributed by atoms with Crippen molar-refractivity contribution in [2.24, 2.45) is 0 Å². The van der Waals surface area contributed by atoms with Crippen LogP contribution in [-0.4, -0.2) is 39.1 Å². The van der Waals surface area contributed by atoms with E-state index in [4.69, 9.17) is 9.15 Å². The molecule has 0 saturated heterocycles. The van der Waals surface area contributed by atoms with E-state index in [-0.39, 0.29) is 28.5 Å². The summed E-state index contributed by atoms with van der Waals surface area (Å²) in [5, 5.41) is 13.9. The Balaban J connectivity index is 1.99. The fourth-order valence-electron chi connectivity index (χ4n) is 2.91. The number of hydrogen-bond acceptors (Lipinski definition) is 8. The number of ether oxygens (including phenoxy) is 1. The van der Waals surface area contributed by atoms with Gasteiger partial charge in [0, 0.05) is 5.56 Å². The first kappa shape index (κ1) is 16.6. The molecule has 0 radical (unpaired) electrons. The van der Waals surface area contributed by atoms with E-state index in [0.717, 1.165) is 0 Å². The zero-order valence-electron chi connectivity index (χ0n) is 13.9. The monoisotopic (exact) mass is 369 g/mol. The van der Waals surface area contributed by atoms with E-state index in [0.29, 0.717) is 0 Å². The van der Waals surface area contributed by atoms with Crippen LogP contribution in [0.4, 0.5) is 10.3 Å². The standard InChI is InChI=1S/C17H12FN5O4/c1-26-16(25)13-12(15(24)11-7-4-8-27-11)14(9-5-2-3-6-10(9)18)23-17(19-13)20-21-22-23/h2-8,14H,1H3,(H,19,20,22). The molecule has 10 heteroatoms. The van der Waals surface area contributed by atoms with Gasteiger partial charge in [-0.25, -0.2) is 9.18 Å². The van der Waals surface area contributed by atoms with Crippen LogP contribution in [0, 0.1) is 5.82 Å². The molecule has 1 N–H and O–H groups in total. The molecule has 1 aliphatic rings. The summed E-state index contributed by atoms with van der Waals surface area (Å²) in [4.78, 5) is 25.5. The van der Waals surface area contributed by atoms with E-state index in [2.05, 4.69) is 20.8 Å². The quantitative estimate of drug-likeness (QED) is 0.547. The van der Waals surface area contributed by atoms with Crippen molar-refractivity contribution < 1.29 is 23.1 Å². The van der Waals surface area contributed by atoms with Gasteiger partial charge < -0.3 is 14.5 Å². The first-order valence-electron chi connectivity index (χ1n) is 7.81. The number of allylic oxidation sites excluding steroid dienone is 1. The van der Waals surface area contributed by atoms with E-state index >= 15 is 0 Å². The number of rotatable bonds is 4. The van der Waals surface area contributed by atoms with Gasteiger partial charge >= 0.3 is 5.97 Å². The summed E-state index contributed by atoms with van der Waals surface area (Å²) in [6, 6.07) is 7.73. The van der Waals surface area contributed by atoms with Crippen LogP contribution < -0.4 is 5.32 Å². The van der Waals surface area contributed by atoms with Crippen molar-refractivity contribution in [1.82, 2.24) is 20.2 Å². The fraction of sp³-hybridized carbons (Fsp3) is 0.118. The zero-order chi connectivity index (χ0) is 19.0. The molecule has 0 saturated carbocycles. The highest BCUT2D eigenvalue weighted by molar-refractivity contribution is 6.13. The predicted molar refractivity (Wildman–Crippen MR) is 88.1 cm³/mol. The third-order valence-corrected chi connectivity index (χ3v) is 4.10. The number of furan rings is 1. The highest BCUT2D eigenvalue weighted by Gasteiger charge is 2.40. The van der Waals surface area contributed by atoms with E-state index in [1.54, 1.807) is 6.07 Å². The maximum absolute atomic E-state index is 14.6. The minimum absolute atomic E-state index is 0.0222. The average molecular weight is 369 g/mol. The number of fused-ring (bicyclic) bond motifs is 1. The summed E-state index contributed by atoms with van der Waals surface area (Å²) in [5.74, 6) is -1.98. The van der Waals surface area contributed by atoms with E-state index in [1.165, 1.54) is 48.4 Å². The number of carbonyl (C=O) groups is 2. The molecule has 3 aromatic rings. The number of methoxy groups -OCH3 is 1. The molecule has 1 unspecified atom stereocenters. The normalized spacial score (nSPS) is 15.9. The molecule has 0 amide bonds. The maximum atomic E-state index is 14.6. The van der Waals surface area contributed by atoms with Crippen molar-refractivity contribution in [3.63, 3.8) is 0 Å². The van der Waals surface area contributed by atoms with Gasteiger partial charge in [0.25, 0.3) is 0 Å². The van der Waals surface area contributed by atoms with Crippen LogP contribution in [0.25, 0.3) is 0 Å². The number of ketones is 1. The Morgan fingerprint density at radius 3 is 2.78 bits per heavy atom. The predicted octanol–water partition coefficient (Wildman–Crippen LogP) is 1.73. The van der Waals surface area contributed by atoms with Crippen molar-refractivity contribution in [1.29, 1.82) is 0 Å². The second-order valence-corrected chi connectivity index (χ2v) is 5.58. The summed E-state index contributed by atoms with van der Waals surface area (Å²) < 4.78 is 25.8. The van der Waals surface area contributed by atoms with Gasteiger partial charge in [-0.2, -0.15) is 4.68 Å². The van der Waals surface area contributed by atoms with Crippen LogP contribution in [0.15, 0.2) is 58.3 Å². The number of aromatic nitrogens is 4. The largest absolute Gasteiger partial charge is 0.464 e. The molecule has 1 aliphatic heterocycles. The Labute approximate surface area is 151 Å². The number of anilines is 1. The van der Waals surface area contributed by atoms with Crippen LogP contribution in [0.1, 0.15) is 22.2 Å². The lowest BCUT2D eigenvalue weighted by atomic mass is 9.91. The number of halogens is 1. The number of carbonyl (C=O) groups excluding carboxylic acids is 2. The number of hydrogen-bond donors (Lipinski definition) is 1. The summed E-state index contributed by atoms with van der Waals surface area (Å²) in [6.45, 7) is 0. The smallest absolute Gasteiger partial charge is 0.355 e. The summed E-state index contributed by atoms with van der Waals surface area (Å²) in [5.41, 5.74) is -0.167. The number of Topliss-reactive ketones (excluding diaryl/α,β-unsaturated/α-hetero) is 1. The van der Waals surface area contributed by atoms with Crippen molar-refractivity contribution in [3.05, 3.63) is 71.1 Å². The average Bonchev–Trinajstić information content (AvgIpc) is 3.37. The minimum Gasteiger partial charge on any atom is -0.464 e. The lowest BCUT2D eigenvalue weighted by Gasteiger charge is -2.27. The molecule has 0 aliphatic carbocycles. The Morgan fingerprint density at radius 1 is 1.26 bits per heavy atom. The maximum Gasteiger partial charge on any atom is 0.355 e. The third kappa shape index (κ3) is 2.67. The minimum atomic E-state index is -1.09. The van der Waals surface area contributed by atoms with Gasteiger partial charge in [-0.1, -0.05) is 23.3 Å². The van der Waals surface area contributed by atoms with Crippen molar-refractivity contribution in [2.75, 3.05) is 12.4 Å². The molecule has 1 aromatic carbocycles. The molecule has 1 atom stereocenters. The van der Waals surface area contributed by atoms with Crippen molar-refractivity contribution in [3.8, 4) is 0 Å². The van der Waals surface area contributed by atoms with Crippen LogP contribution in [0.2, 0.25) is 0 Å². The molecular formula is C17H12FN5O4. The second kappa shape index (κ2) is 6.48. The number of benzene rings is 1. The Bertz CT molecular complexity index is 1060. The van der Waals surface area contributed by atoms with Crippen LogP contribution in [0.5, 0.6) is 0 Å². The Kier molecular flexibility index (Phi) is 3.99. The molecule has 3 heterocycles. The third-order valence-electron chi connectivity index (χ3n) is 4.10. The van der Waals surface area contributed by atoms with Gasteiger partial charge in [0.1, 0.15) is 17.6 Å². The summed E-state index contributed by atoms with van der Waals surface area (Å²) >= 11 is 0. The topological polar surface area (TPSA) is 112 Å². The molecule has 27 heavy (non-hydrogen) atoms. The molecule has 9 nitrogen and oxygen atoms in total. The van der Waals surface area contributed by atoms with Gasteiger partial charge in [0.15, 0.2) is 5.76 Å². The Morgan fingerprint density at radius 2 is 2.07 bits per heavy atom. The first-order valence-corrected chi connectivity index (χ1v) is 7.81. The van der Waals surface area contributed by atoms with Crippen LogP contribution in [-0.2, 0) is 9.53 Å². The summed E-state index contributed by atoms with van der Waals surface area (Å²) in [7, 11) is 1.17. The van der Waals surface area contributed by atoms with Crippen LogP contribution >= 0.6 is 0 Å². The molecule has 4 rings (SSSR count). The van der Waals surface area contributed by atoms with Crippen molar-refractivity contribution >= 4 is 17.7 Å². The molecule has 0 bridgehead atoms. The first-order chi connectivity index (χ1) is 13.1. The summed E-state index contributed by atoms with van der Waals surface area (Å²) in [6.07, 6.45) is 1.32. The highest BCUT2D eigenvalue weighted by Crippen LogP contribution is 2.37. The fourth-order valence-corrected chi connectivity index (χ4v) is 2.91. The molecular weight excluding hydrogens is 357 g/mol. The lowest BCUT2D eigenvalue weighted by Crippen LogP contribution is -2.33. The second-order valence-electron chi connectivity index (χ2n) is 5.58. The lowest BCUT2D eigenvalue weighted by molar-refractivity contribution is -0.136. The zero-order valence-corrected chi connectivity index (χ0v) is 13.9. The van der Waals surface area contributed by atoms with E-state index < -0.39 is 23.6 Å². The SMILES string of the molecule is COC(=O)C1=C(C(=O)c2ccco2)C(c2ccccc2F)n2nnnc2N1. The molecule has 136 valence electrons. The number of nitrogens with one attached hydrogen (secondary N) is 1. The van der Waals surface area contributed by atoms with Gasteiger partial charge in [-0.15, -0.1) is 0 Å². The number of nitrogens with zero attached hydrogens (tertiary/aromatic N) is 4. The molecule has 0 spiro atoms. The van der Waals surface area contributed by atoms with Gasteiger partial charge in [0.2, 0.25) is 11.7 Å². The molecule has 0 fully saturated rings. The molecule has 2 aromatic heterocycles. The van der Waals surface area contributed by atoms with Gasteiger partial charge in [-0.05, 0) is 28.6 Å². The van der Waals surface area contributed by atoms with Crippen molar-refractivity contribution in [2.45, 2.75) is 6.04 Å². The highest BCUT2D eigenvalue weighted by atomic mass is 19.1.